The number of anilines is 1. The summed E-state index contributed by atoms with van der Waals surface area (Å²) in [6.07, 6.45) is 0.106. The van der Waals surface area contributed by atoms with Crippen LogP contribution in [0.4, 0.5) is 5.69 Å². The van der Waals surface area contributed by atoms with Crippen LogP contribution in [0.2, 0.25) is 0 Å². The molecule has 0 saturated heterocycles. The van der Waals surface area contributed by atoms with Gasteiger partial charge in [-0.05, 0) is 39.0 Å². The number of carboxylic acids is 1. The Morgan fingerprint density at radius 2 is 1.95 bits per heavy atom. The van der Waals surface area contributed by atoms with Crippen LogP contribution >= 0.6 is 0 Å². The molecule has 4 nitrogen and oxygen atoms in total. The molecule has 2 aromatic rings. The molecule has 1 N–H and O–H groups in total. The zero-order valence-electron chi connectivity index (χ0n) is 12.7. The van der Waals surface area contributed by atoms with E-state index in [0.717, 1.165) is 22.8 Å². The second-order valence-electron chi connectivity index (χ2n) is 5.22. The lowest BCUT2D eigenvalue weighted by molar-refractivity contribution is -0.136. The van der Waals surface area contributed by atoms with Gasteiger partial charge in [-0.2, -0.15) is 0 Å². The van der Waals surface area contributed by atoms with Gasteiger partial charge in [0.25, 0.3) is 0 Å². The molecule has 112 valence electrons. The van der Waals surface area contributed by atoms with Gasteiger partial charge in [0.1, 0.15) is 11.5 Å². The zero-order chi connectivity index (χ0) is 15.4. The minimum atomic E-state index is -0.789. The molecular weight excluding hydrogens is 266 g/mol. The first-order valence-electron chi connectivity index (χ1n) is 7.09. The summed E-state index contributed by atoms with van der Waals surface area (Å²) in [5, 5.41) is 8.98. The summed E-state index contributed by atoms with van der Waals surface area (Å²) in [5.74, 6) is 0.972. The number of hydrogen-bond donors (Lipinski definition) is 1. The van der Waals surface area contributed by atoms with Crippen molar-refractivity contribution in [2.24, 2.45) is 0 Å². The summed E-state index contributed by atoms with van der Waals surface area (Å²) >= 11 is 0. The van der Waals surface area contributed by atoms with Gasteiger partial charge in [0.2, 0.25) is 0 Å². The number of furan rings is 1. The molecule has 1 aromatic heterocycles. The third-order valence-corrected chi connectivity index (χ3v) is 3.65. The third-order valence-electron chi connectivity index (χ3n) is 3.65. The van der Waals surface area contributed by atoms with E-state index in [1.165, 1.54) is 0 Å². The van der Waals surface area contributed by atoms with E-state index < -0.39 is 5.97 Å². The topological polar surface area (TPSA) is 53.7 Å². The Kier molecular flexibility index (Phi) is 4.68. The standard InChI is InChI=1S/C17H21NO3/c1-12-11-16(14(3)21-12)13(2)18(10-9-17(19)20)15-7-5-4-6-8-15/h4-8,11,13H,9-10H2,1-3H3,(H,19,20). The average Bonchev–Trinajstić information content (AvgIpc) is 2.78. The lowest BCUT2D eigenvalue weighted by Gasteiger charge is -2.31. The second-order valence-corrected chi connectivity index (χ2v) is 5.22. The molecule has 1 heterocycles. The van der Waals surface area contributed by atoms with Crippen molar-refractivity contribution in [2.45, 2.75) is 33.2 Å². The van der Waals surface area contributed by atoms with Crippen LogP contribution < -0.4 is 4.90 Å². The Hall–Kier alpha value is -2.23. The normalized spacial score (nSPS) is 12.1. The van der Waals surface area contributed by atoms with Crippen LogP contribution in [0.3, 0.4) is 0 Å². The zero-order valence-corrected chi connectivity index (χ0v) is 12.7. The predicted octanol–water partition coefficient (Wildman–Crippen LogP) is 3.94. The highest BCUT2D eigenvalue weighted by Gasteiger charge is 2.21. The summed E-state index contributed by atoms with van der Waals surface area (Å²) in [6, 6.07) is 12.0. The van der Waals surface area contributed by atoms with Crippen LogP contribution in [0.25, 0.3) is 0 Å². The molecule has 4 heteroatoms. The lowest BCUT2D eigenvalue weighted by Crippen LogP contribution is -2.29. The summed E-state index contributed by atoms with van der Waals surface area (Å²) in [5.41, 5.74) is 2.12. The first-order chi connectivity index (χ1) is 9.99. The molecule has 1 unspecified atom stereocenters. The molecule has 0 radical (unpaired) electrons. The monoisotopic (exact) mass is 287 g/mol. The first kappa shape index (κ1) is 15.2. The van der Waals surface area contributed by atoms with Gasteiger partial charge in [-0.15, -0.1) is 0 Å². The van der Waals surface area contributed by atoms with Crippen LogP contribution in [0.1, 0.15) is 36.5 Å². The SMILES string of the molecule is Cc1cc(C(C)N(CCC(=O)O)c2ccccc2)c(C)o1. The minimum Gasteiger partial charge on any atom is -0.481 e. The van der Waals surface area contributed by atoms with E-state index in [-0.39, 0.29) is 12.5 Å². The van der Waals surface area contributed by atoms with Gasteiger partial charge in [-0.25, -0.2) is 0 Å². The number of hydrogen-bond acceptors (Lipinski definition) is 3. The van der Waals surface area contributed by atoms with E-state index in [2.05, 4.69) is 11.8 Å². The Labute approximate surface area is 125 Å². The Balaban J connectivity index is 2.30. The van der Waals surface area contributed by atoms with Crippen LogP contribution in [-0.4, -0.2) is 17.6 Å². The molecule has 0 amide bonds. The third kappa shape index (κ3) is 3.66. The maximum Gasteiger partial charge on any atom is 0.305 e. The van der Waals surface area contributed by atoms with E-state index in [1.807, 2.05) is 50.2 Å². The number of aryl methyl sites for hydroxylation is 2. The molecule has 2 rings (SSSR count). The molecule has 0 aliphatic rings. The minimum absolute atomic E-state index is 0.0594. The highest BCUT2D eigenvalue weighted by atomic mass is 16.4. The number of aliphatic carboxylic acids is 1. The largest absolute Gasteiger partial charge is 0.481 e. The van der Waals surface area contributed by atoms with E-state index in [4.69, 9.17) is 9.52 Å². The van der Waals surface area contributed by atoms with Crippen molar-refractivity contribution in [2.75, 3.05) is 11.4 Å². The van der Waals surface area contributed by atoms with Crippen molar-refractivity contribution in [1.29, 1.82) is 0 Å². The molecular formula is C17H21NO3. The Morgan fingerprint density at radius 3 is 2.48 bits per heavy atom. The molecule has 1 atom stereocenters. The number of carboxylic acid groups (broad SMARTS) is 1. The molecule has 0 saturated carbocycles. The predicted molar refractivity (Wildman–Crippen MR) is 82.6 cm³/mol. The molecule has 0 aliphatic carbocycles. The number of para-hydroxylation sites is 1. The van der Waals surface area contributed by atoms with Crippen molar-refractivity contribution in [3.05, 3.63) is 53.5 Å². The number of rotatable bonds is 6. The van der Waals surface area contributed by atoms with E-state index in [9.17, 15) is 4.79 Å². The van der Waals surface area contributed by atoms with Crippen LogP contribution in [0.15, 0.2) is 40.8 Å². The fourth-order valence-corrected chi connectivity index (χ4v) is 2.62. The summed E-state index contributed by atoms with van der Waals surface area (Å²) in [7, 11) is 0. The van der Waals surface area contributed by atoms with E-state index in [0.29, 0.717) is 6.54 Å². The summed E-state index contributed by atoms with van der Waals surface area (Å²) in [6.45, 7) is 6.41. The second kappa shape index (κ2) is 6.48. The quantitative estimate of drug-likeness (QED) is 0.874. The van der Waals surface area contributed by atoms with Gasteiger partial charge in [0.05, 0.1) is 12.5 Å². The highest BCUT2D eigenvalue weighted by molar-refractivity contribution is 5.67. The smallest absolute Gasteiger partial charge is 0.305 e. The number of nitrogens with zero attached hydrogens (tertiary/aromatic N) is 1. The van der Waals surface area contributed by atoms with E-state index in [1.54, 1.807) is 0 Å². The van der Waals surface area contributed by atoms with Gasteiger partial charge in [-0.3, -0.25) is 4.79 Å². The lowest BCUT2D eigenvalue weighted by atomic mass is 10.1. The van der Waals surface area contributed by atoms with Crippen LogP contribution in [-0.2, 0) is 4.79 Å². The van der Waals surface area contributed by atoms with Gasteiger partial charge >= 0.3 is 5.97 Å². The number of carbonyl (C=O) groups is 1. The summed E-state index contributed by atoms with van der Waals surface area (Å²) in [4.78, 5) is 13.0. The fourth-order valence-electron chi connectivity index (χ4n) is 2.62. The van der Waals surface area contributed by atoms with Gasteiger partial charge in [0.15, 0.2) is 0 Å². The van der Waals surface area contributed by atoms with Crippen molar-refractivity contribution in [3.8, 4) is 0 Å². The van der Waals surface area contributed by atoms with E-state index >= 15 is 0 Å². The van der Waals surface area contributed by atoms with Gasteiger partial charge < -0.3 is 14.4 Å². The van der Waals surface area contributed by atoms with Gasteiger partial charge in [-0.1, -0.05) is 18.2 Å². The molecule has 1 aromatic carbocycles. The van der Waals surface area contributed by atoms with Crippen LogP contribution in [0, 0.1) is 13.8 Å². The summed E-state index contributed by atoms with van der Waals surface area (Å²) < 4.78 is 5.60. The number of benzene rings is 1. The highest BCUT2D eigenvalue weighted by Crippen LogP contribution is 2.30. The molecule has 21 heavy (non-hydrogen) atoms. The average molecular weight is 287 g/mol. The van der Waals surface area contributed by atoms with Crippen molar-refractivity contribution in [1.82, 2.24) is 0 Å². The molecule has 0 spiro atoms. The molecule has 0 bridgehead atoms. The first-order valence-corrected chi connectivity index (χ1v) is 7.09. The van der Waals surface area contributed by atoms with Gasteiger partial charge in [0, 0.05) is 17.8 Å². The Morgan fingerprint density at radius 1 is 1.29 bits per heavy atom. The maximum absolute atomic E-state index is 10.9. The molecule has 0 aliphatic heterocycles. The van der Waals surface area contributed by atoms with Crippen LogP contribution in [0.5, 0.6) is 0 Å². The van der Waals surface area contributed by atoms with Crippen molar-refractivity contribution < 1.29 is 14.3 Å². The maximum atomic E-state index is 10.9. The van der Waals surface area contributed by atoms with Crippen molar-refractivity contribution >= 4 is 11.7 Å². The fraction of sp³-hybridized carbons (Fsp3) is 0.353. The van der Waals surface area contributed by atoms with Crippen molar-refractivity contribution in [3.63, 3.8) is 0 Å². The molecule has 0 fully saturated rings. The Bertz CT molecular complexity index is 604.